The Morgan fingerprint density at radius 3 is 2.79 bits per heavy atom. The number of aliphatic hydroxyl groups is 1. The van der Waals surface area contributed by atoms with Crippen molar-refractivity contribution >= 4 is 20.9 Å². The number of fused-ring (bicyclic) bond motifs is 2. The summed E-state index contributed by atoms with van der Waals surface area (Å²) in [4.78, 5) is 2.39. The topological polar surface area (TPSA) is 75.0 Å². The molecule has 0 bridgehead atoms. The van der Waals surface area contributed by atoms with Crippen LogP contribution in [0.15, 0.2) is 24.4 Å². The van der Waals surface area contributed by atoms with Gasteiger partial charge in [0.2, 0.25) is 10.0 Å². The Hall–Kier alpha value is -1.61. The molecule has 4 rings (SSSR count). The van der Waals surface area contributed by atoms with Gasteiger partial charge in [0.1, 0.15) is 5.75 Å². The highest BCUT2D eigenvalue weighted by molar-refractivity contribution is 7.88. The number of ether oxygens (including phenoxy) is 1. The fourth-order valence-electron chi connectivity index (χ4n) is 4.90. The molecule has 0 radical (unpaired) electrons. The van der Waals surface area contributed by atoms with Crippen molar-refractivity contribution in [3.8, 4) is 5.75 Å². The van der Waals surface area contributed by atoms with Crippen LogP contribution < -0.4 is 4.74 Å². The average Bonchev–Trinajstić information content (AvgIpc) is 3.20. The van der Waals surface area contributed by atoms with E-state index in [1.165, 1.54) is 22.7 Å². The molecule has 154 valence electrons. The first-order valence-corrected chi connectivity index (χ1v) is 11.5. The van der Waals surface area contributed by atoms with E-state index in [1.54, 1.807) is 11.4 Å². The van der Waals surface area contributed by atoms with Crippen molar-refractivity contribution in [3.05, 3.63) is 30.0 Å². The highest BCUT2D eigenvalue weighted by Gasteiger charge is 2.51. The Kier molecular flexibility index (Phi) is 4.94. The van der Waals surface area contributed by atoms with Crippen LogP contribution in [-0.4, -0.2) is 73.4 Å². The Morgan fingerprint density at radius 2 is 2.11 bits per heavy atom. The van der Waals surface area contributed by atoms with Crippen LogP contribution in [0.3, 0.4) is 0 Å². The van der Waals surface area contributed by atoms with Gasteiger partial charge in [-0.15, -0.1) is 0 Å². The predicted octanol–water partition coefficient (Wildman–Crippen LogP) is 1.26. The van der Waals surface area contributed by atoms with Gasteiger partial charge in [0.05, 0.1) is 20.0 Å². The lowest BCUT2D eigenvalue weighted by Gasteiger charge is -2.42. The fraction of sp³-hybridized carbons (Fsp3) is 0.600. The van der Waals surface area contributed by atoms with Crippen LogP contribution in [0.4, 0.5) is 0 Å². The van der Waals surface area contributed by atoms with E-state index >= 15 is 0 Å². The number of aromatic nitrogens is 1. The predicted molar refractivity (Wildman–Crippen MR) is 109 cm³/mol. The van der Waals surface area contributed by atoms with Crippen LogP contribution in [0.2, 0.25) is 0 Å². The minimum Gasteiger partial charge on any atom is -0.497 e. The number of hydrogen-bond donors (Lipinski definition) is 1. The van der Waals surface area contributed by atoms with Crippen LogP contribution in [0.5, 0.6) is 5.75 Å². The molecule has 0 aliphatic carbocycles. The summed E-state index contributed by atoms with van der Waals surface area (Å²) in [5.41, 5.74) is 2.11. The molecule has 2 fully saturated rings. The number of hydrogen-bond acceptors (Lipinski definition) is 5. The van der Waals surface area contributed by atoms with E-state index in [0.717, 1.165) is 31.8 Å². The van der Waals surface area contributed by atoms with Gasteiger partial charge in [0.25, 0.3) is 0 Å². The number of aliphatic hydroxyl groups excluding tert-OH is 1. The van der Waals surface area contributed by atoms with E-state index in [-0.39, 0.29) is 17.9 Å². The van der Waals surface area contributed by atoms with Gasteiger partial charge in [-0.3, -0.25) is 4.90 Å². The van der Waals surface area contributed by atoms with Crippen LogP contribution in [-0.2, 0) is 23.6 Å². The third kappa shape index (κ3) is 3.32. The summed E-state index contributed by atoms with van der Waals surface area (Å²) in [5, 5.41) is 11.2. The monoisotopic (exact) mass is 407 g/mol. The second-order valence-corrected chi connectivity index (χ2v) is 10.4. The van der Waals surface area contributed by atoms with Gasteiger partial charge in [-0.2, -0.15) is 0 Å². The fourth-order valence-corrected chi connectivity index (χ4v) is 5.85. The zero-order valence-electron chi connectivity index (χ0n) is 16.8. The summed E-state index contributed by atoms with van der Waals surface area (Å²) in [6.07, 6.45) is 4.24. The molecule has 0 unspecified atom stereocenters. The van der Waals surface area contributed by atoms with Crippen LogP contribution in [0, 0.1) is 11.3 Å². The first-order valence-electron chi connectivity index (χ1n) is 9.66. The molecule has 2 atom stereocenters. The number of likely N-dealkylation sites (tertiary alicyclic amines) is 1. The van der Waals surface area contributed by atoms with Crippen LogP contribution >= 0.6 is 0 Å². The number of methoxy groups -OCH3 is 1. The second kappa shape index (κ2) is 7.02. The zero-order chi connectivity index (χ0) is 20.1. The molecular formula is C20H29N3O4S. The lowest BCUT2D eigenvalue weighted by Crippen LogP contribution is -2.48. The average molecular weight is 408 g/mol. The molecule has 1 aromatic heterocycles. The largest absolute Gasteiger partial charge is 0.497 e. The summed E-state index contributed by atoms with van der Waals surface area (Å²) in [6, 6.07) is 6.13. The minimum absolute atomic E-state index is 0.0446. The summed E-state index contributed by atoms with van der Waals surface area (Å²) >= 11 is 0. The molecule has 28 heavy (non-hydrogen) atoms. The highest BCUT2D eigenvalue weighted by Crippen LogP contribution is 2.43. The van der Waals surface area contributed by atoms with Crippen molar-refractivity contribution in [1.82, 2.24) is 13.8 Å². The summed E-state index contributed by atoms with van der Waals surface area (Å²) in [5.74, 6) is 1.00. The quantitative estimate of drug-likeness (QED) is 0.808. The molecule has 0 amide bonds. The molecule has 2 aromatic rings. The number of aryl methyl sites for hydroxylation is 1. The second-order valence-electron chi connectivity index (χ2n) is 8.41. The minimum atomic E-state index is -3.23. The Labute approximate surface area is 166 Å². The number of piperidine rings is 1. The molecule has 1 aromatic carbocycles. The van der Waals surface area contributed by atoms with Crippen molar-refractivity contribution in [2.45, 2.75) is 13.0 Å². The summed E-state index contributed by atoms with van der Waals surface area (Å²) in [6.45, 7) is 3.44. The van der Waals surface area contributed by atoms with E-state index < -0.39 is 10.0 Å². The SMILES string of the molecule is COc1ccc2c(c1)c(CN1CC[C@@]3(CO)CN(S(C)(=O)=O)C[C@H]3C1)cn2C. The van der Waals surface area contributed by atoms with E-state index in [0.29, 0.717) is 13.1 Å². The lowest BCUT2D eigenvalue weighted by molar-refractivity contribution is 0.0171. The van der Waals surface area contributed by atoms with Gasteiger partial charge in [-0.1, -0.05) is 0 Å². The molecule has 8 heteroatoms. The first-order chi connectivity index (χ1) is 13.3. The van der Waals surface area contributed by atoms with Crippen LogP contribution in [0.25, 0.3) is 10.9 Å². The molecule has 0 saturated carbocycles. The molecule has 1 N–H and O–H groups in total. The molecule has 0 spiro atoms. The Bertz CT molecular complexity index is 987. The van der Waals surface area contributed by atoms with Crippen LogP contribution in [0.1, 0.15) is 12.0 Å². The summed E-state index contributed by atoms with van der Waals surface area (Å²) < 4.78 is 33.1. The van der Waals surface area contributed by atoms with E-state index in [9.17, 15) is 13.5 Å². The van der Waals surface area contributed by atoms with E-state index in [2.05, 4.69) is 27.8 Å². The van der Waals surface area contributed by atoms with Crippen molar-refractivity contribution in [2.75, 3.05) is 46.2 Å². The molecular weight excluding hydrogens is 378 g/mol. The van der Waals surface area contributed by atoms with Gasteiger partial charge in [0.15, 0.2) is 0 Å². The van der Waals surface area contributed by atoms with Gasteiger partial charge in [0, 0.05) is 55.7 Å². The number of rotatable bonds is 5. The molecule has 3 heterocycles. The van der Waals surface area contributed by atoms with Gasteiger partial charge in [-0.05, 0) is 42.6 Å². The maximum Gasteiger partial charge on any atom is 0.211 e. The number of nitrogens with zero attached hydrogens (tertiary/aromatic N) is 3. The summed E-state index contributed by atoms with van der Waals surface area (Å²) in [7, 11) is 0.493. The lowest BCUT2D eigenvalue weighted by atomic mass is 9.73. The standard InChI is InChI=1S/C20H29N3O4S/c1-21-9-15(18-8-17(27-2)4-5-19(18)21)10-22-7-6-20(14-24)13-23(28(3,25)26)12-16(20)11-22/h4-5,8-9,16,24H,6-7,10-14H2,1-3H3/t16-,20+/m1/s1. The number of benzene rings is 1. The third-order valence-electron chi connectivity index (χ3n) is 6.64. The molecule has 2 saturated heterocycles. The van der Waals surface area contributed by atoms with Gasteiger partial charge < -0.3 is 14.4 Å². The van der Waals surface area contributed by atoms with E-state index in [4.69, 9.17) is 4.74 Å². The smallest absolute Gasteiger partial charge is 0.211 e. The maximum absolute atomic E-state index is 12.0. The van der Waals surface area contributed by atoms with Crippen molar-refractivity contribution in [2.24, 2.45) is 18.4 Å². The zero-order valence-corrected chi connectivity index (χ0v) is 17.6. The van der Waals surface area contributed by atoms with Gasteiger partial charge in [-0.25, -0.2) is 12.7 Å². The Balaban J connectivity index is 1.56. The van der Waals surface area contributed by atoms with Crippen molar-refractivity contribution in [1.29, 1.82) is 0 Å². The molecule has 7 nitrogen and oxygen atoms in total. The highest BCUT2D eigenvalue weighted by atomic mass is 32.2. The number of sulfonamides is 1. The van der Waals surface area contributed by atoms with E-state index in [1.807, 2.05) is 13.1 Å². The normalized spacial score (nSPS) is 26.6. The first kappa shape index (κ1) is 19.7. The van der Waals surface area contributed by atoms with Gasteiger partial charge >= 0.3 is 0 Å². The molecule has 2 aliphatic heterocycles. The van der Waals surface area contributed by atoms with Crippen molar-refractivity contribution < 1.29 is 18.3 Å². The third-order valence-corrected chi connectivity index (χ3v) is 7.86. The Morgan fingerprint density at radius 1 is 1.32 bits per heavy atom. The molecule has 2 aliphatic rings. The van der Waals surface area contributed by atoms with Crippen molar-refractivity contribution in [3.63, 3.8) is 0 Å². The maximum atomic E-state index is 12.0.